The fraction of sp³-hybridized carbons (Fsp3) is 0.222. The van der Waals surface area contributed by atoms with E-state index in [1.807, 2.05) is 28.8 Å². The van der Waals surface area contributed by atoms with Gasteiger partial charge in [0, 0.05) is 23.2 Å². The molecule has 1 atom stereocenters. The second-order valence-electron chi connectivity index (χ2n) is 6.16. The Morgan fingerprint density at radius 2 is 1.92 bits per heavy atom. The quantitative estimate of drug-likeness (QED) is 0.685. The van der Waals surface area contributed by atoms with Crippen molar-refractivity contribution in [3.63, 3.8) is 0 Å². The number of hydrogen-bond acceptors (Lipinski definition) is 4. The number of aromatic nitrogens is 3. The van der Waals surface area contributed by atoms with Crippen LogP contribution in [0.3, 0.4) is 0 Å². The predicted octanol–water partition coefficient (Wildman–Crippen LogP) is 3.52. The van der Waals surface area contributed by atoms with Crippen molar-refractivity contribution in [3.05, 3.63) is 70.5 Å². The smallest absolute Gasteiger partial charge is 0.236 e. The summed E-state index contributed by atoms with van der Waals surface area (Å²) in [7, 11) is -3.57. The van der Waals surface area contributed by atoms with Crippen molar-refractivity contribution in [2.75, 3.05) is 6.54 Å². The second kappa shape index (κ2) is 6.83. The maximum Gasteiger partial charge on any atom is 0.236 e. The van der Waals surface area contributed by atoms with E-state index in [1.54, 1.807) is 30.3 Å². The van der Waals surface area contributed by atoms with E-state index < -0.39 is 10.0 Å². The predicted molar refractivity (Wildman–Crippen MR) is 101 cm³/mol. The molecule has 1 unspecified atom stereocenters. The van der Waals surface area contributed by atoms with Gasteiger partial charge in [-0.2, -0.15) is 4.31 Å². The number of halogens is 1. The molecule has 1 aliphatic rings. The van der Waals surface area contributed by atoms with Crippen LogP contribution in [0.5, 0.6) is 0 Å². The molecule has 26 heavy (non-hydrogen) atoms. The highest BCUT2D eigenvalue weighted by Gasteiger charge is 2.36. The SMILES string of the molecule is O=S(=O)(C=Cc1ccc(Cl)cc1)N1CCCC1c1nnc2ccccn12. The van der Waals surface area contributed by atoms with Gasteiger partial charge in [0.05, 0.1) is 6.04 Å². The van der Waals surface area contributed by atoms with Crippen LogP contribution in [0.1, 0.15) is 30.3 Å². The minimum Gasteiger partial charge on any atom is -0.285 e. The summed E-state index contributed by atoms with van der Waals surface area (Å²) in [6.07, 6.45) is 4.96. The van der Waals surface area contributed by atoms with E-state index in [4.69, 9.17) is 11.6 Å². The van der Waals surface area contributed by atoms with Crippen molar-refractivity contribution >= 4 is 33.3 Å². The van der Waals surface area contributed by atoms with E-state index in [0.29, 0.717) is 23.0 Å². The molecule has 0 amide bonds. The van der Waals surface area contributed by atoms with E-state index in [1.165, 1.54) is 9.71 Å². The lowest BCUT2D eigenvalue weighted by molar-refractivity contribution is 0.387. The Labute approximate surface area is 156 Å². The molecule has 3 aromatic rings. The maximum atomic E-state index is 12.9. The molecule has 1 aromatic carbocycles. The number of fused-ring (bicyclic) bond motifs is 1. The van der Waals surface area contributed by atoms with Crippen molar-refractivity contribution in [1.82, 2.24) is 18.9 Å². The van der Waals surface area contributed by atoms with Gasteiger partial charge < -0.3 is 0 Å². The monoisotopic (exact) mass is 388 g/mol. The second-order valence-corrected chi connectivity index (χ2v) is 8.36. The van der Waals surface area contributed by atoms with Crippen LogP contribution < -0.4 is 0 Å². The summed E-state index contributed by atoms with van der Waals surface area (Å²) in [6.45, 7) is 0.472. The van der Waals surface area contributed by atoms with Gasteiger partial charge in [-0.05, 0) is 48.7 Å². The average molecular weight is 389 g/mol. The summed E-state index contributed by atoms with van der Waals surface area (Å²) in [5.74, 6) is 0.654. The summed E-state index contributed by atoms with van der Waals surface area (Å²) in [6, 6.07) is 12.3. The summed E-state index contributed by atoms with van der Waals surface area (Å²) < 4.78 is 29.1. The molecule has 2 aromatic heterocycles. The fourth-order valence-corrected chi connectivity index (χ4v) is 4.76. The minimum absolute atomic E-state index is 0.313. The van der Waals surface area contributed by atoms with Gasteiger partial charge in [0.2, 0.25) is 10.0 Å². The number of hydrogen-bond donors (Lipinski definition) is 0. The Morgan fingerprint density at radius 1 is 1.12 bits per heavy atom. The zero-order valence-electron chi connectivity index (χ0n) is 13.9. The Kier molecular flexibility index (Phi) is 4.52. The molecule has 0 bridgehead atoms. The molecule has 1 aliphatic heterocycles. The van der Waals surface area contributed by atoms with Crippen LogP contribution in [0, 0.1) is 0 Å². The Hall–Kier alpha value is -2.22. The van der Waals surface area contributed by atoms with Gasteiger partial charge in [0.25, 0.3) is 0 Å². The van der Waals surface area contributed by atoms with Crippen LogP contribution in [0.15, 0.2) is 54.1 Å². The van der Waals surface area contributed by atoms with E-state index in [2.05, 4.69) is 10.2 Å². The lowest BCUT2D eigenvalue weighted by atomic mass is 10.2. The van der Waals surface area contributed by atoms with Crippen molar-refractivity contribution < 1.29 is 8.42 Å². The third kappa shape index (κ3) is 3.25. The molecule has 1 saturated heterocycles. The molecule has 0 saturated carbocycles. The molecule has 6 nitrogen and oxygen atoms in total. The van der Waals surface area contributed by atoms with Crippen molar-refractivity contribution in [3.8, 4) is 0 Å². The third-order valence-corrected chi connectivity index (χ3v) is 6.29. The van der Waals surface area contributed by atoms with Crippen LogP contribution in [-0.2, 0) is 10.0 Å². The van der Waals surface area contributed by atoms with Crippen LogP contribution in [-0.4, -0.2) is 33.9 Å². The van der Waals surface area contributed by atoms with Gasteiger partial charge in [-0.15, -0.1) is 10.2 Å². The standard InChI is InChI=1S/C18H17ClN4O2S/c19-15-8-6-14(7-9-15)10-13-26(24,25)23-12-3-4-16(23)18-21-20-17-5-1-2-11-22(17)18/h1-2,5-11,13,16H,3-4,12H2. The molecule has 3 heterocycles. The molecular weight excluding hydrogens is 372 g/mol. The van der Waals surface area contributed by atoms with Crippen LogP contribution >= 0.6 is 11.6 Å². The van der Waals surface area contributed by atoms with Crippen molar-refractivity contribution in [1.29, 1.82) is 0 Å². The van der Waals surface area contributed by atoms with Crippen LogP contribution in [0.25, 0.3) is 11.7 Å². The van der Waals surface area contributed by atoms with Gasteiger partial charge in [-0.3, -0.25) is 4.40 Å². The summed E-state index contributed by atoms with van der Waals surface area (Å²) in [4.78, 5) is 0. The first-order chi connectivity index (χ1) is 12.5. The lowest BCUT2D eigenvalue weighted by Crippen LogP contribution is -2.30. The fourth-order valence-electron chi connectivity index (χ4n) is 3.21. The number of rotatable bonds is 4. The number of nitrogens with zero attached hydrogens (tertiary/aromatic N) is 4. The largest absolute Gasteiger partial charge is 0.285 e. The molecule has 0 spiro atoms. The van der Waals surface area contributed by atoms with E-state index in [9.17, 15) is 8.42 Å². The van der Waals surface area contributed by atoms with Gasteiger partial charge >= 0.3 is 0 Å². The molecule has 4 rings (SSSR count). The Balaban J connectivity index is 1.64. The van der Waals surface area contributed by atoms with E-state index in [0.717, 1.165) is 18.4 Å². The molecule has 0 radical (unpaired) electrons. The van der Waals surface area contributed by atoms with Crippen molar-refractivity contribution in [2.45, 2.75) is 18.9 Å². The third-order valence-electron chi connectivity index (χ3n) is 4.47. The highest BCUT2D eigenvalue weighted by atomic mass is 35.5. The van der Waals surface area contributed by atoms with Gasteiger partial charge in [-0.25, -0.2) is 8.42 Å². The van der Waals surface area contributed by atoms with Crippen molar-refractivity contribution in [2.24, 2.45) is 0 Å². The molecule has 8 heteroatoms. The summed E-state index contributed by atoms with van der Waals surface area (Å²) in [5.41, 5.74) is 1.49. The number of pyridine rings is 1. The topological polar surface area (TPSA) is 67.6 Å². The summed E-state index contributed by atoms with van der Waals surface area (Å²) in [5, 5.41) is 10.2. The van der Waals surface area contributed by atoms with Crippen LogP contribution in [0.2, 0.25) is 5.02 Å². The first kappa shape index (κ1) is 17.2. The minimum atomic E-state index is -3.57. The van der Waals surface area contributed by atoms with Gasteiger partial charge in [0.1, 0.15) is 0 Å². The highest BCUT2D eigenvalue weighted by Crippen LogP contribution is 2.34. The lowest BCUT2D eigenvalue weighted by Gasteiger charge is -2.21. The summed E-state index contributed by atoms with van der Waals surface area (Å²) >= 11 is 5.86. The highest BCUT2D eigenvalue weighted by molar-refractivity contribution is 7.92. The molecule has 0 aliphatic carbocycles. The van der Waals surface area contributed by atoms with Gasteiger partial charge in [-0.1, -0.05) is 29.8 Å². The van der Waals surface area contributed by atoms with E-state index in [-0.39, 0.29) is 6.04 Å². The number of benzene rings is 1. The Bertz CT molecular complexity index is 1060. The number of sulfonamides is 1. The van der Waals surface area contributed by atoms with E-state index >= 15 is 0 Å². The maximum absolute atomic E-state index is 12.9. The first-order valence-corrected chi connectivity index (χ1v) is 10.2. The zero-order valence-corrected chi connectivity index (χ0v) is 15.4. The normalized spacial score (nSPS) is 18.9. The first-order valence-electron chi connectivity index (χ1n) is 8.30. The molecule has 134 valence electrons. The molecule has 0 N–H and O–H groups in total. The Morgan fingerprint density at radius 3 is 2.73 bits per heavy atom. The van der Waals surface area contributed by atoms with Gasteiger partial charge in [0.15, 0.2) is 11.5 Å². The zero-order chi connectivity index (χ0) is 18.1. The molecular formula is C18H17ClN4O2S. The average Bonchev–Trinajstić information content (AvgIpc) is 3.28. The van der Waals surface area contributed by atoms with Crippen LogP contribution in [0.4, 0.5) is 0 Å². The molecule has 1 fully saturated rings.